The van der Waals surface area contributed by atoms with Gasteiger partial charge in [0.25, 0.3) is 5.91 Å². The molecule has 2 aromatic carbocycles. The van der Waals surface area contributed by atoms with Gasteiger partial charge in [0.2, 0.25) is 0 Å². The Morgan fingerprint density at radius 2 is 1.81 bits per heavy atom. The number of nitrogens with one attached hydrogen (secondary N) is 3. The first-order chi connectivity index (χ1) is 15.4. The molecule has 0 bridgehead atoms. The number of carbonyl (C=O) groups excluding carboxylic acids is 1. The summed E-state index contributed by atoms with van der Waals surface area (Å²) in [5.74, 6) is 0.732. The van der Waals surface area contributed by atoms with Crippen LogP contribution in [0.15, 0.2) is 41.4 Å². The molecular weight excluding hydrogens is 411 g/mol. The summed E-state index contributed by atoms with van der Waals surface area (Å²) in [6.07, 6.45) is 0.821. The number of hydrogen-bond acceptors (Lipinski definition) is 4. The van der Waals surface area contributed by atoms with Crippen molar-refractivity contribution >= 4 is 11.9 Å². The number of ether oxygens (including phenoxy) is 2. The van der Waals surface area contributed by atoms with Gasteiger partial charge in [-0.25, -0.2) is 4.39 Å². The highest BCUT2D eigenvalue weighted by molar-refractivity contribution is 5.94. The zero-order chi connectivity index (χ0) is 23.3. The van der Waals surface area contributed by atoms with Gasteiger partial charge in [-0.15, -0.1) is 0 Å². The fourth-order valence-corrected chi connectivity index (χ4v) is 2.92. The highest BCUT2D eigenvalue weighted by Crippen LogP contribution is 2.20. The number of methoxy groups -OCH3 is 1. The van der Waals surface area contributed by atoms with Gasteiger partial charge in [-0.1, -0.05) is 18.2 Å². The lowest BCUT2D eigenvalue weighted by molar-refractivity contribution is 0.0954. The van der Waals surface area contributed by atoms with Crippen molar-refractivity contribution in [3.63, 3.8) is 0 Å². The molecule has 2 rings (SSSR count). The lowest BCUT2D eigenvalue weighted by atomic mass is 10.1. The molecule has 0 aliphatic carbocycles. The highest BCUT2D eigenvalue weighted by atomic mass is 19.1. The Labute approximate surface area is 189 Å². The molecule has 32 heavy (non-hydrogen) atoms. The normalized spacial score (nSPS) is 11.2. The Bertz CT molecular complexity index is 918. The van der Waals surface area contributed by atoms with Crippen LogP contribution in [0.3, 0.4) is 0 Å². The molecule has 0 spiro atoms. The quantitative estimate of drug-likeness (QED) is 0.282. The molecule has 0 unspecified atom stereocenters. The molecule has 0 aromatic heterocycles. The van der Waals surface area contributed by atoms with E-state index >= 15 is 0 Å². The molecule has 0 radical (unpaired) electrons. The Balaban J connectivity index is 1.79. The van der Waals surface area contributed by atoms with Crippen molar-refractivity contribution in [1.29, 1.82) is 0 Å². The maximum atomic E-state index is 13.6. The number of benzene rings is 2. The van der Waals surface area contributed by atoms with Gasteiger partial charge in [0, 0.05) is 57.9 Å². The van der Waals surface area contributed by atoms with Gasteiger partial charge >= 0.3 is 0 Å². The molecule has 2 aromatic rings. The Kier molecular flexibility index (Phi) is 10.5. The second-order valence-corrected chi connectivity index (χ2v) is 7.38. The van der Waals surface area contributed by atoms with Crippen molar-refractivity contribution in [2.24, 2.45) is 4.99 Å². The molecule has 1 amide bonds. The van der Waals surface area contributed by atoms with E-state index in [2.05, 4.69) is 20.9 Å². The van der Waals surface area contributed by atoms with Gasteiger partial charge in [-0.05, 0) is 43.2 Å². The second-order valence-electron chi connectivity index (χ2n) is 7.38. The van der Waals surface area contributed by atoms with Crippen molar-refractivity contribution in [3.05, 3.63) is 64.5 Å². The molecule has 3 N–H and O–H groups in total. The fraction of sp³-hybridized carbons (Fsp3) is 0.417. The molecule has 8 heteroatoms. The van der Waals surface area contributed by atoms with Gasteiger partial charge in [-0.3, -0.25) is 9.79 Å². The molecular formula is C24H33FN4O3. The maximum absolute atomic E-state index is 13.6. The van der Waals surface area contributed by atoms with Crippen LogP contribution in [0.1, 0.15) is 33.5 Å². The van der Waals surface area contributed by atoms with Crippen molar-refractivity contribution < 1.29 is 18.7 Å². The highest BCUT2D eigenvalue weighted by Gasteiger charge is 2.09. The van der Waals surface area contributed by atoms with Gasteiger partial charge in [0.15, 0.2) is 5.96 Å². The van der Waals surface area contributed by atoms with Crippen LogP contribution in [0.5, 0.6) is 5.75 Å². The summed E-state index contributed by atoms with van der Waals surface area (Å²) < 4.78 is 24.6. The molecule has 0 saturated carbocycles. The van der Waals surface area contributed by atoms with E-state index in [4.69, 9.17) is 9.47 Å². The average Bonchev–Trinajstić information content (AvgIpc) is 2.78. The molecule has 0 heterocycles. The van der Waals surface area contributed by atoms with E-state index in [0.717, 1.165) is 23.3 Å². The van der Waals surface area contributed by atoms with E-state index in [-0.39, 0.29) is 5.91 Å². The molecule has 0 saturated heterocycles. The minimum absolute atomic E-state index is 0.299. The summed E-state index contributed by atoms with van der Waals surface area (Å²) in [4.78, 5) is 16.4. The lowest BCUT2D eigenvalue weighted by Crippen LogP contribution is -2.41. The number of aryl methyl sites for hydroxylation is 2. The number of nitrogens with zero attached hydrogens (tertiary/aromatic N) is 1. The van der Waals surface area contributed by atoms with Crippen molar-refractivity contribution in [2.45, 2.75) is 26.8 Å². The minimum Gasteiger partial charge on any atom is -0.493 e. The van der Waals surface area contributed by atoms with Crippen LogP contribution in [0.4, 0.5) is 4.39 Å². The molecule has 0 fully saturated rings. The molecule has 174 valence electrons. The monoisotopic (exact) mass is 444 g/mol. The summed E-state index contributed by atoms with van der Waals surface area (Å²) in [5, 5.41) is 9.17. The van der Waals surface area contributed by atoms with Crippen LogP contribution in [0, 0.1) is 19.7 Å². The van der Waals surface area contributed by atoms with E-state index in [1.54, 1.807) is 33.2 Å². The van der Waals surface area contributed by atoms with E-state index in [0.29, 0.717) is 49.9 Å². The summed E-state index contributed by atoms with van der Waals surface area (Å²) in [5.41, 5.74) is 2.95. The van der Waals surface area contributed by atoms with E-state index in [1.165, 1.54) is 6.07 Å². The van der Waals surface area contributed by atoms with Crippen LogP contribution in [0.25, 0.3) is 0 Å². The van der Waals surface area contributed by atoms with Crippen LogP contribution < -0.4 is 20.7 Å². The number of halogens is 1. The van der Waals surface area contributed by atoms with Crippen LogP contribution in [0.2, 0.25) is 0 Å². The first kappa shape index (κ1) is 25.1. The number of hydrogen-bond donors (Lipinski definition) is 3. The average molecular weight is 445 g/mol. The van der Waals surface area contributed by atoms with Crippen molar-refractivity contribution in [1.82, 2.24) is 16.0 Å². The van der Waals surface area contributed by atoms with Crippen molar-refractivity contribution in [3.8, 4) is 5.75 Å². The van der Waals surface area contributed by atoms with E-state index in [1.807, 2.05) is 25.1 Å². The SMILES string of the molecule is CN=C(NCCNC(=O)c1ccc(C)c(F)c1)NCc1ccc(C)cc1OCCCOC. The second kappa shape index (κ2) is 13.3. The number of rotatable bonds is 11. The largest absolute Gasteiger partial charge is 0.493 e. The van der Waals surface area contributed by atoms with Gasteiger partial charge in [0.1, 0.15) is 11.6 Å². The van der Waals surface area contributed by atoms with Gasteiger partial charge < -0.3 is 25.4 Å². The first-order valence-corrected chi connectivity index (χ1v) is 10.6. The van der Waals surface area contributed by atoms with E-state index < -0.39 is 5.82 Å². The zero-order valence-electron chi connectivity index (χ0n) is 19.3. The Hall–Kier alpha value is -3.13. The first-order valence-electron chi connectivity index (χ1n) is 10.6. The van der Waals surface area contributed by atoms with Crippen LogP contribution >= 0.6 is 0 Å². The minimum atomic E-state index is -0.390. The standard InChI is InChI=1S/C24H33FN4O3/c1-17-6-8-20(22(14-17)32-13-5-12-31-4)16-29-24(26-3)28-11-10-27-23(30)19-9-7-18(2)21(25)15-19/h6-9,14-15H,5,10-13,16H2,1-4H3,(H,27,30)(H2,26,28,29). The summed E-state index contributed by atoms with van der Waals surface area (Å²) >= 11 is 0. The zero-order valence-corrected chi connectivity index (χ0v) is 19.3. The summed E-state index contributed by atoms with van der Waals surface area (Å²) in [6, 6.07) is 10.5. The number of carbonyl (C=O) groups is 1. The molecule has 0 aliphatic heterocycles. The molecule has 0 atom stereocenters. The Morgan fingerprint density at radius 1 is 1.03 bits per heavy atom. The summed E-state index contributed by atoms with van der Waals surface area (Å²) in [7, 11) is 3.36. The van der Waals surface area contributed by atoms with Crippen molar-refractivity contribution in [2.75, 3.05) is 40.5 Å². The number of aliphatic imine (C=N–C) groups is 1. The van der Waals surface area contributed by atoms with Gasteiger partial charge in [0.05, 0.1) is 6.61 Å². The number of amides is 1. The third-order valence-corrected chi connectivity index (χ3v) is 4.78. The van der Waals surface area contributed by atoms with E-state index in [9.17, 15) is 9.18 Å². The molecule has 7 nitrogen and oxygen atoms in total. The number of guanidine groups is 1. The maximum Gasteiger partial charge on any atom is 0.251 e. The predicted octanol–water partition coefficient (Wildman–Crippen LogP) is 2.95. The third-order valence-electron chi connectivity index (χ3n) is 4.78. The smallest absolute Gasteiger partial charge is 0.251 e. The lowest BCUT2D eigenvalue weighted by Gasteiger charge is -2.16. The van der Waals surface area contributed by atoms with Gasteiger partial charge in [-0.2, -0.15) is 0 Å². The topological polar surface area (TPSA) is 84.0 Å². The summed E-state index contributed by atoms with van der Waals surface area (Å²) in [6.45, 7) is 6.30. The predicted molar refractivity (Wildman–Crippen MR) is 125 cm³/mol. The fourth-order valence-electron chi connectivity index (χ4n) is 2.92. The molecule has 0 aliphatic rings. The van der Waals surface area contributed by atoms with Crippen LogP contribution in [-0.2, 0) is 11.3 Å². The third kappa shape index (κ3) is 8.19. The Morgan fingerprint density at radius 3 is 2.53 bits per heavy atom. The van der Waals surface area contributed by atoms with Crippen LogP contribution in [-0.4, -0.2) is 52.3 Å².